The lowest BCUT2D eigenvalue weighted by Gasteiger charge is -2.12. The van der Waals surface area contributed by atoms with Crippen LogP contribution >= 0.6 is 0 Å². The van der Waals surface area contributed by atoms with Crippen LogP contribution in [0.4, 0.5) is 11.4 Å². The van der Waals surface area contributed by atoms with Crippen molar-refractivity contribution in [2.45, 2.75) is 20.8 Å². The minimum absolute atomic E-state index is 0.130. The van der Waals surface area contributed by atoms with Gasteiger partial charge < -0.3 is 19.5 Å². The zero-order chi connectivity index (χ0) is 21.6. The van der Waals surface area contributed by atoms with Gasteiger partial charge in [-0.1, -0.05) is 6.07 Å². The van der Waals surface area contributed by atoms with E-state index in [1.807, 2.05) is 19.9 Å². The molecule has 0 saturated heterocycles. The summed E-state index contributed by atoms with van der Waals surface area (Å²) in [7, 11) is 1.34. The fourth-order valence-corrected chi connectivity index (χ4v) is 2.52. The molecule has 0 fully saturated rings. The number of nitrogens with zero attached hydrogens (tertiary/aromatic N) is 1. The molecule has 154 valence electrons. The number of nitro benzene ring substituents is 1. The van der Waals surface area contributed by atoms with Gasteiger partial charge >= 0.3 is 5.97 Å². The monoisotopic (exact) mass is 402 g/mol. The molecule has 0 aliphatic carbocycles. The van der Waals surface area contributed by atoms with Gasteiger partial charge in [0, 0.05) is 11.8 Å². The van der Waals surface area contributed by atoms with Crippen LogP contribution in [0, 0.1) is 24.0 Å². The van der Waals surface area contributed by atoms with E-state index >= 15 is 0 Å². The lowest BCUT2D eigenvalue weighted by Crippen LogP contribution is -2.21. The van der Waals surface area contributed by atoms with Crippen molar-refractivity contribution in [2.24, 2.45) is 0 Å². The summed E-state index contributed by atoms with van der Waals surface area (Å²) in [4.78, 5) is 35.0. The Balaban J connectivity index is 2.13. The molecule has 0 bridgehead atoms. The van der Waals surface area contributed by atoms with Crippen LogP contribution in [-0.2, 0) is 9.53 Å². The molecule has 2 aromatic carbocycles. The van der Waals surface area contributed by atoms with Crippen LogP contribution < -0.4 is 14.8 Å². The molecule has 0 unspecified atom stereocenters. The molecule has 0 atom stereocenters. The molecule has 0 saturated carbocycles. The van der Waals surface area contributed by atoms with Gasteiger partial charge in [0.1, 0.15) is 5.56 Å². The van der Waals surface area contributed by atoms with E-state index in [1.165, 1.54) is 7.11 Å². The van der Waals surface area contributed by atoms with Crippen LogP contribution in [0.5, 0.6) is 11.5 Å². The van der Waals surface area contributed by atoms with Crippen molar-refractivity contribution in [1.29, 1.82) is 0 Å². The van der Waals surface area contributed by atoms with E-state index < -0.39 is 29.1 Å². The number of hydrogen-bond donors (Lipinski definition) is 1. The van der Waals surface area contributed by atoms with Crippen LogP contribution in [0.25, 0.3) is 0 Å². The number of nitrogens with one attached hydrogen (secondary N) is 1. The summed E-state index contributed by atoms with van der Waals surface area (Å²) in [6.45, 7) is 5.22. The Morgan fingerprint density at radius 3 is 2.41 bits per heavy atom. The summed E-state index contributed by atoms with van der Waals surface area (Å²) >= 11 is 0. The predicted octanol–water partition coefficient (Wildman–Crippen LogP) is 3.41. The quantitative estimate of drug-likeness (QED) is 0.408. The molecule has 2 rings (SSSR count). The maximum absolute atomic E-state index is 12.4. The van der Waals surface area contributed by atoms with Gasteiger partial charge in [0.2, 0.25) is 0 Å². The predicted molar refractivity (Wildman–Crippen MR) is 106 cm³/mol. The number of ether oxygens (including phenoxy) is 3. The van der Waals surface area contributed by atoms with E-state index in [9.17, 15) is 19.7 Å². The zero-order valence-electron chi connectivity index (χ0n) is 16.6. The van der Waals surface area contributed by atoms with Gasteiger partial charge in [0.25, 0.3) is 11.6 Å². The highest BCUT2D eigenvalue weighted by molar-refractivity contribution is 5.98. The largest absolute Gasteiger partial charge is 0.493 e. The van der Waals surface area contributed by atoms with Crippen LogP contribution in [0.3, 0.4) is 0 Å². The lowest BCUT2D eigenvalue weighted by atomic mass is 10.1. The Morgan fingerprint density at radius 1 is 1.10 bits per heavy atom. The first kappa shape index (κ1) is 21.7. The smallest absolute Gasteiger partial charge is 0.345 e. The Bertz CT molecular complexity index is 941. The van der Waals surface area contributed by atoms with Gasteiger partial charge in [-0.05, 0) is 44.0 Å². The summed E-state index contributed by atoms with van der Waals surface area (Å²) in [6, 6.07) is 7.62. The van der Waals surface area contributed by atoms with E-state index in [2.05, 4.69) is 5.32 Å². The van der Waals surface area contributed by atoms with Crippen molar-refractivity contribution >= 4 is 23.3 Å². The summed E-state index contributed by atoms with van der Waals surface area (Å²) in [5, 5.41) is 14.0. The van der Waals surface area contributed by atoms with E-state index in [1.54, 1.807) is 19.1 Å². The molecule has 0 radical (unpaired) electrons. The summed E-state index contributed by atoms with van der Waals surface area (Å²) in [6.07, 6.45) is 0. The van der Waals surface area contributed by atoms with Crippen LogP contribution in [-0.4, -0.2) is 37.1 Å². The van der Waals surface area contributed by atoms with E-state index in [4.69, 9.17) is 14.2 Å². The molecule has 9 nitrogen and oxygen atoms in total. The molecular weight excluding hydrogens is 380 g/mol. The van der Waals surface area contributed by atoms with Crippen molar-refractivity contribution in [3.63, 3.8) is 0 Å². The van der Waals surface area contributed by atoms with Crippen molar-refractivity contribution in [1.82, 2.24) is 0 Å². The van der Waals surface area contributed by atoms with Crippen LogP contribution in [0.1, 0.15) is 28.4 Å². The topological polar surface area (TPSA) is 117 Å². The molecule has 9 heteroatoms. The molecule has 0 aliphatic rings. The number of benzene rings is 2. The molecule has 29 heavy (non-hydrogen) atoms. The Morgan fingerprint density at radius 2 is 1.83 bits per heavy atom. The number of amides is 1. The molecule has 0 aromatic heterocycles. The Kier molecular flexibility index (Phi) is 7.13. The number of nitro groups is 1. The van der Waals surface area contributed by atoms with Crippen LogP contribution in [0.2, 0.25) is 0 Å². The maximum atomic E-state index is 12.4. The first-order valence-corrected chi connectivity index (χ1v) is 8.80. The first-order valence-electron chi connectivity index (χ1n) is 8.80. The first-order chi connectivity index (χ1) is 13.8. The average Bonchev–Trinajstić information content (AvgIpc) is 2.68. The number of anilines is 1. The number of carbonyl (C=O) groups is 2. The van der Waals surface area contributed by atoms with Gasteiger partial charge in [0.05, 0.1) is 24.7 Å². The highest BCUT2D eigenvalue weighted by Gasteiger charge is 2.26. The number of esters is 1. The summed E-state index contributed by atoms with van der Waals surface area (Å²) in [5.41, 5.74) is 1.79. The zero-order valence-corrected chi connectivity index (χ0v) is 16.6. The molecular formula is C20H22N2O7. The molecule has 1 amide bonds. The van der Waals surface area contributed by atoms with Crippen molar-refractivity contribution in [2.75, 3.05) is 25.6 Å². The fraction of sp³-hybridized carbons (Fsp3) is 0.300. The fourth-order valence-electron chi connectivity index (χ4n) is 2.52. The minimum atomic E-state index is -1.02. The van der Waals surface area contributed by atoms with Gasteiger partial charge in [-0.3, -0.25) is 14.9 Å². The Labute approximate surface area is 167 Å². The molecule has 2 aromatic rings. The number of rotatable bonds is 8. The normalized spacial score (nSPS) is 10.2. The van der Waals surface area contributed by atoms with Crippen molar-refractivity contribution in [3.8, 4) is 11.5 Å². The SMILES string of the molecule is CCOc1cc([N+](=O)[O-])c(C(=O)OCC(=O)Nc2ccc(C)c(C)c2)cc1OC. The van der Waals surface area contributed by atoms with Gasteiger partial charge in [-0.15, -0.1) is 0 Å². The second-order valence-corrected chi connectivity index (χ2v) is 6.13. The molecule has 0 spiro atoms. The van der Waals surface area contributed by atoms with E-state index in [0.717, 1.165) is 23.3 Å². The van der Waals surface area contributed by atoms with Crippen LogP contribution in [0.15, 0.2) is 30.3 Å². The molecule has 0 aliphatic heterocycles. The summed E-state index contributed by atoms with van der Waals surface area (Å²) < 4.78 is 15.4. The second-order valence-electron chi connectivity index (χ2n) is 6.13. The third-order valence-electron chi connectivity index (χ3n) is 4.12. The number of aryl methyl sites for hydroxylation is 2. The van der Waals surface area contributed by atoms with Gasteiger partial charge in [-0.2, -0.15) is 0 Å². The second kappa shape index (κ2) is 9.54. The lowest BCUT2D eigenvalue weighted by molar-refractivity contribution is -0.385. The van der Waals surface area contributed by atoms with E-state index in [-0.39, 0.29) is 23.7 Å². The van der Waals surface area contributed by atoms with E-state index in [0.29, 0.717) is 5.69 Å². The third kappa shape index (κ3) is 5.44. The molecule has 1 N–H and O–H groups in total. The minimum Gasteiger partial charge on any atom is -0.493 e. The molecule has 0 heterocycles. The third-order valence-corrected chi connectivity index (χ3v) is 4.12. The highest BCUT2D eigenvalue weighted by Crippen LogP contribution is 2.35. The van der Waals surface area contributed by atoms with Crippen molar-refractivity contribution < 1.29 is 28.7 Å². The number of hydrogen-bond acceptors (Lipinski definition) is 7. The van der Waals surface area contributed by atoms with Crippen molar-refractivity contribution in [3.05, 3.63) is 57.1 Å². The summed E-state index contributed by atoms with van der Waals surface area (Å²) in [5.74, 6) is -1.31. The Hall–Kier alpha value is -3.62. The average molecular weight is 402 g/mol. The van der Waals surface area contributed by atoms with Gasteiger partial charge in [0.15, 0.2) is 18.1 Å². The number of methoxy groups -OCH3 is 1. The number of carbonyl (C=O) groups excluding carboxylic acids is 2. The standard InChI is InChI=1S/C20H22N2O7/c1-5-28-18-10-16(22(25)26)15(9-17(18)27-4)20(24)29-11-19(23)21-14-7-6-12(2)13(3)8-14/h6-10H,5,11H2,1-4H3,(H,21,23). The van der Waals surface area contributed by atoms with Gasteiger partial charge in [-0.25, -0.2) is 4.79 Å². The maximum Gasteiger partial charge on any atom is 0.345 e. The highest BCUT2D eigenvalue weighted by atomic mass is 16.6.